The Morgan fingerprint density at radius 1 is 1.23 bits per heavy atom. The maximum absolute atomic E-state index is 5.33. The first-order valence-electron chi connectivity index (χ1n) is 5.30. The van der Waals surface area contributed by atoms with Gasteiger partial charge in [0.1, 0.15) is 0 Å². The lowest BCUT2D eigenvalue weighted by atomic mass is 9.82. The van der Waals surface area contributed by atoms with Gasteiger partial charge in [-0.1, -0.05) is 27.7 Å². The molecule has 1 fully saturated rings. The Morgan fingerprint density at radius 3 is 2.23 bits per heavy atom. The lowest BCUT2D eigenvalue weighted by Crippen LogP contribution is -2.41. The highest BCUT2D eigenvalue weighted by Crippen LogP contribution is 2.26. The summed E-state index contributed by atoms with van der Waals surface area (Å²) in [5.74, 6) is 0.755. The normalized spacial score (nSPS) is 23.1. The summed E-state index contributed by atoms with van der Waals surface area (Å²) in [4.78, 5) is 2.51. The molecule has 1 atom stereocenters. The second kappa shape index (κ2) is 4.43. The summed E-state index contributed by atoms with van der Waals surface area (Å²) in [6, 6.07) is 0. The zero-order chi connectivity index (χ0) is 9.90. The molecule has 0 bridgehead atoms. The van der Waals surface area contributed by atoms with E-state index in [1.807, 2.05) is 0 Å². The van der Waals surface area contributed by atoms with E-state index in [9.17, 15) is 0 Å². The van der Waals surface area contributed by atoms with Crippen LogP contribution in [0.5, 0.6) is 0 Å². The van der Waals surface area contributed by atoms with E-state index in [0.717, 1.165) is 32.2 Å². The van der Waals surface area contributed by atoms with Crippen LogP contribution in [0.4, 0.5) is 0 Å². The molecular formula is C11H23NO. The minimum Gasteiger partial charge on any atom is -0.379 e. The Bertz CT molecular complexity index is 145. The largest absolute Gasteiger partial charge is 0.379 e. The number of hydrogen-bond donors (Lipinski definition) is 0. The summed E-state index contributed by atoms with van der Waals surface area (Å²) in [5, 5.41) is 0. The van der Waals surface area contributed by atoms with Crippen LogP contribution in [-0.2, 0) is 4.74 Å². The lowest BCUT2D eigenvalue weighted by Gasteiger charge is -2.34. The van der Waals surface area contributed by atoms with Crippen LogP contribution >= 0.6 is 0 Å². The Morgan fingerprint density at radius 2 is 1.77 bits per heavy atom. The van der Waals surface area contributed by atoms with Gasteiger partial charge in [0.2, 0.25) is 0 Å². The Kier molecular flexibility index (Phi) is 3.74. The molecule has 1 rings (SSSR count). The fraction of sp³-hybridized carbons (Fsp3) is 1.00. The predicted molar refractivity (Wildman–Crippen MR) is 55.9 cm³/mol. The molecule has 0 amide bonds. The van der Waals surface area contributed by atoms with Crippen LogP contribution in [0.3, 0.4) is 0 Å². The summed E-state index contributed by atoms with van der Waals surface area (Å²) in [7, 11) is 0. The van der Waals surface area contributed by atoms with Gasteiger partial charge in [-0.25, -0.2) is 0 Å². The molecule has 78 valence electrons. The fourth-order valence-corrected chi connectivity index (χ4v) is 1.44. The molecule has 1 unspecified atom stereocenters. The van der Waals surface area contributed by atoms with Gasteiger partial charge in [-0.05, 0) is 11.3 Å². The van der Waals surface area contributed by atoms with Crippen molar-refractivity contribution in [2.45, 2.75) is 27.7 Å². The van der Waals surface area contributed by atoms with Crippen LogP contribution in [0.15, 0.2) is 0 Å². The van der Waals surface area contributed by atoms with E-state index in [1.165, 1.54) is 6.54 Å². The molecule has 13 heavy (non-hydrogen) atoms. The monoisotopic (exact) mass is 185 g/mol. The van der Waals surface area contributed by atoms with E-state index in [1.54, 1.807) is 0 Å². The number of rotatable bonds is 2. The maximum atomic E-state index is 5.33. The first-order chi connectivity index (χ1) is 6.00. The predicted octanol–water partition coefficient (Wildman–Crippen LogP) is 2.00. The molecule has 0 aromatic heterocycles. The van der Waals surface area contributed by atoms with Crippen molar-refractivity contribution >= 4 is 0 Å². The van der Waals surface area contributed by atoms with Crippen molar-refractivity contribution in [1.29, 1.82) is 0 Å². The van der Waals surface area contributed by atoms with Gasteiger partial charge in [0.25, 0.3) is 0 Å². The third-order valence-electron chi connectivity index (χ3n) is 3.11. The van der Waals surface area contributed by atoms with Crippen LogP contribution < -0.4 is 0 Å². The van der Waals surface area contributed by atoms with E-state index >= 15 is 0 Å². The van der Waals surface area contributed by atoms with E-state index in [-0.39, 0.29) is 0 Å². The van der Waals surface area contributed by atoms with E-state index in [4.69, 9.17) is 4.74 Å². The third kappa shape index (κ3) is 3.65. The smallest absolute Gasteiger partial charge is 0.0594 e. The van der Waals surface area contributed by atoms with Crippen molar-refractivity contribution in [3.05, 3.63) is 0 Å². The highest BCUT2D eigenvalue weighted by molar-refractivity contribution is 4.74. The lowest BCUT2D eigenvalue weighted by molar-refractivity contribution is 0.0227. The second-order valence-corrected chi connectivity index (χ2v) is 5.18. The van der Waals surface area contributed by atoms with Crippen LogP contribution in [0.2, 0.25) is 0 Å². The van der Waals surface area contributed by atoms with Gasteiger partial charge in [0.15, 0.2) is 0 Å². The van der Waals surface area contributed by atoms with Crippen molar-refractivity contribution in [2.24, 2.45) is 11.3 Å². The van der Waals surface area contributed by atoms with E-state index < -0.39 is 0 Å². The maximum Gasteiger partial charge on any atom is 0.0594 e. The van der Waals surface area contributed by atoms with Gasteiger partial charge in [-0.3, -0.25) is 4.90 Å². The standard InChI is InChI=1S/C11H23NO/c1-10(11(2,3)4)9-12-5-7-13-8-6-12/h10H,5-9H2,1-4H3. The first-order valence-corrected chi connectivity index (χ1v) is 5.30. The summed E-state index contributed by atoms with van der Waals surface area (Å²) in [6.45, 7) is 14.6. The highest BCUT2D eigenvalue weighted by atomic mass is 16.5. The molecule has 1 heterocycles. The van der Waals surface area contributed by atoms with Crippen LogP contribution in [0.25, 0.3) is 0 Å². The van der Waals surface area contributed by atoms with Gasteiger partial charge >= 0.3 is 0 Å². The van der Waals surface area contributed by atoms with Crippen molar-refractivity contribution in [3.63, 3.8) is 0 Å². The summed E-state index contributed by atoms with van der Waals surface area (Å²) >= 11 is 0. The molecule has 2 nitrogen and oxygen atoms in total. The Hall–Kier alpha value is -0.0800. The average molecular weight is 185 g/mol. The highest BCUT2D eigenvalue weighted by Gasteiger charge is 2.23. The van der Waals surface area contributed by atoms with Gasteiger partial charge in [0, 0.05) is 19.6 Å². The van der Waals surface area contributed by atoms with Crippen LogP contribution in [0.1, 0.15) is 27.7 Å². The molecule has 0 saturated carbocycles. The number of ether oxygens (including phenoxy) is 1. The molecule has 0 spiro atoms. The van der Waals surface area contributed by atoms with Crippen LogP contribution in [-0.4, -0.2) is 37.7 Å². The molecule has 0 aliphatic carbocycles. The molecule has 1 aliphatic heterocycles. The van der Waals surface area contributed by atoms with Gasteiger partial charge in [-0.2, -0.15) is 0 Å². The minimum atomic E-state index is 0.429. The molecule has 0 aromatic carbocycles. The van der Waals surface area contributed by atoms with E-state index in [2.05, 4.69) is 32.6 Å². The summed E-state index contributed by atoms with van der Waals surface area (Å²) in [6.07, 6.45) is 0. The van der Waals surface area contributed by atoms with Crippen LogP contribution in [0, 0.1) is 11.3 Å². The fourth-order valence-electron chi connectivity index (χ4n) is 1.44. The SMILES string of the molecule is CC(CN1CCOCC1)C(C)(C)C. The topological polar surface area (TPSA) is 12.5 Å². The number of nitrogens with zero attached hydrogens (tertiary/aromatic N) is 1. The molecular weight excluding hydrogens is 162 g/mol. The van der Waals surface area contributed by atoms with Crippen molar-refractivity contribution in [3.8, 4) is 0 Å². The molecule has 0 aromatic rings. The average Bonchev–Trinajstić information content (AvgIpc) is 2.04. The zero-order valence-electron chi connectivity index (χ0n) is 9.47. The molecule has 1 saturated heterocycles. The van der Waals surface area contributed by atoms with E-state index in [0.29, 0.717) is 5.41 Å². The van der Waals surface area contributed by atoms with Crippen molar-refractivity contribution in [2.75, 3.05) is 32.8 Å². The quantitative estimate of drug-likeness (QED) is 0.652. The van der Waals surface area contributed by atoms with Crippen molar-refractivity contribution in [1.82, 2.24) is 4.90 Å². The number of morpholine rings is 1. The van der Waals surface area contributed by atoms with Gasteiger partial charge in [-0.15, -0.1) is 0 Å². The number of hydrogen-bond acceptors (Lipinski definition) is 2. The minimum absolute atomic E-state index is 0.429. The third-order valence-corrected chi connectivity index (χ3v) is 3.11. The molecule has 1 aliphatic rings. The summed E-state index contributed by atoms with van der Waals surface area (Å²) < 4.78 is 5.33. The Labute approximate surface area is 82.3 Å². The molecule has 2 heteroatoms. The Balaban J connectivity index is 2.30. The molecule has 0 radical (unpaired) electrons. The van der Waals surface area contributed by atoms with Gasteiger partial charge < -0.3 is 4.74 Å². The van der Waals surface area contributed by atoms with Crippen molar-refractivity contribution < 1.29 is 4.74 Å². The second-order valence-electron chi connectivity index (χ2n) is 5.18. The molecule has 0 N–H and O–H groups in total. The summed E-state index contributed by atoms with van der Waals surface area (Å²) in [5.41, 5.74) is 0.429. The zero-order valence-corrected chi connectivity index (χ0v) is 9.47. The van der Waals surface area contributed by atoms with Gasteiger partial charge in [0.05, 0.1) is 13.2 Å². The first kappa shape index (κ1) is 11.0.